The van der Waals surface area contributed by atoms with Gasteiger partial charge in [-0.1, -0.05) is 27.7 Å². The zero-order valence-electron chi connectivity index (χ0n) is 17.3. The van der Waals surface area contributed by atoms with Crippen molar-refractivity contribution < 1.29 is 16.8 Å². The van der Waals surface area contributed by atoms with Crippen LogP contribution in [0.15, 0.2) is 22.8 Å². The van der Waals surface area contributed by atoms with Gasteiger partial charge in [0.1, 0.15) is 10.6 Å². The van der Waals surface area contributed by atoms with Crippen LogP contribution in [0.4, 0.5) is 0 Å². The molecule has 28 heavy (non-hydrogen) atoms. The fourth-order valence-corrected chi connectivity index (χ4v) is 6.49. The van der Waals surface area contributed by atoms with Gasteiger partial charge in [0, 0.05) is 21.5 Å². The van der Waals surface area contributed by atoms with Crippen molar-refractivity contribution in [1.82, 2.24) is 4.98 Å². The number of thiophene rings is 1. The smallest absolute Gasteiger partial charge is 0.134 e. The van der Waals surface area contributed by atoms with Gasteiger partial charge in [-0.05, 0) is 79.0 Å². The van der Waals surface area contributed by atoms with Gasteiger partial charge in [-0.3, -0.25) is 0 Å². The number of hydrogen-bond acceptors (Lipinski definition) is 3. The number of hydrogen-bond donors (Lipinski definition) is 0. The fraction of sp³-hybridized carbons (Fsp3) is 0.542. The zero-order valence-corrected chi connectivity index (χ0v) is 18.8. The summed E-state index contributed by atoms with van der Waals surface area (Å²) in [7, 11) is 0. The molecule has 2 aliphatic rings. The highest BCUT2D eigenvalue weighted by Crippen LogP contribution is 2.47. The molecule has 3 aromatic rings. The molecule has 2 atom stereocenters. The molecule has 0 N–H and O–H groups in total. The van der Waals surface area contributed by atoms with Crippen LogP contribution in [0, 0.1) is 17.3 Å². The van der Waals surface area contributed by atoms with Gasteiger partial charge in [-0.15, -0.1) is 11.3 Å². The molecule has 0 spiro atoms. The third-order valence-corrected chi connectivity index (χ3v) is 7.95. The Hall–Kier alpha value is -1.32. The fourth-order valence-electron chi connectivity index (χ4n) is 5.08. The van der Waals surface area contributed by atoms with Crippen molar-refractivity contribution in [3.8, 4) is 11.3 Å². The number of aromatic nitrogens is 1. The lowest BCUT2D eigenvalue weighted by molar-refractivity contribution is -0.00000661. The summed E-state index contributed by atoms with van der Waals surface area (Å²) in [6, 6.07) is 4.17. The number of pyridine rings is 1. The van der Waals surface area contributed by atoms with Gasteiger partial charge in [0.15, 0.2) is 0 Å². The van der Waals surface area contributed by atoms with Crippen LogP contribution in [-0.4, -0.2) is 4.98 Å². The van der Waals surface area contributed by atoms with Crippen molar-refractivity contribution in [3.05, 3.63) is 40.1 Å². The number of fused-ring (bicyclic) bond motifs is 4. The maximum atomic E-state index is 5.97. The van der Waals surface area contributed by atoms with E-state index in [0.29, 0.717) is 11.3 Å². The lowest BCUT2D eigenvalue weighted by Gasteiger charge is -2.35. The minimum Gasteiger partial charge on any atom is -1.00 e. The topological polar surface area (TPSA) is 26.0 Å². The normalized spacial score (nSPS) is 21.9. The van der Waals surface area contributed by atoms with E-state index < -0.39 is 0 Å². The van der Waals surface area contributed by atoms with Gasteiger partial charge in [0.2, 0.25) is 0 Å². The minimum atomic E-state index is 0. The molecule has 3 aromatic heterocycles. The molecule has 0 aliphatic heterocycles. The molecule has 3 heterocycles. The van der Waals surface area contributed by atoms with Crippen molar-refractivity contribution in [3.63, 3.8) is 0 Å². The molecule has 0 bridgehead atoms. The summed E-state index contributed by atoms with van der Waals surface area (Å²) in [5.74, 6) is 2.53. The van der Waals surface area contributed by atoms with E-state index in [4.69, 9.17) is 9.40 Å². The van der Waals surface area contributed by atoms with Crippen LogP contribution in [0.25, 0.3) is 21.5 Å². The van der Waals surface area contributed by atoms with Crippen molar-refractivity contribution in [2.24, 2.45) is 17.3 Å². The van der Waals surface area contributed by atoms with Gasteiger partial charge < -0.3 is 16.8 Å². The average Bonchev–Trinajstić information content (AvgIpc) is 3.25. The highest BCUT2D eigenvalue weighted by molar-refractivity contribution is 7.19. The van der Waals surface area contributed by atoms with E-state index in [1.165, 1.54) is 52.7 Å². The second kappa shape index (κ2) is 7.18. The Kier molecular flexibility index (Phi) is 5.12. The van der Waals surface area contributed by atoms with E-state index in [9.17, 15) is 0 Å². The summed E-state index contributed by atoms with van der Waals surface area (Å²) in [4.78, 5) is 8.02. The Labute approximate surface area is 178 Å². The van der Waals surface area contributed by atoms with E-state index in [1.54, 1.807) is 10.4 Å². The quantitative estimate of drug-likeness (QED) is 0.604. The summed E-state index contributed by atoms with van der Waals surface area (Å²) < 4.78 is 5.97. The highest BCUT2D eigenvalue weighted by Gasteiger charge is 2.34. The second-order valence-corrected chi connectivity index (χ2v) is 10.8. The molecule has 150 valence electrons. The first-order valence-corrected chi connectivity index (χ1v) is 11.2. The van der Waals surface area contributed by atoms with E-state index in [0.717, 1.165) is 24.5 Å². The SMILES string of the molecule is CC1CCc2c(sc3nc4c(c(-c5ccco5)c23)CC(C(C)(C)C)CC4)C1.[Cl-]. The largest absolute Gasteiger partial charge is 1.00 e. The minimum absolute atomic E-state index is 0. The lowest BCUT2D eigenvalue weighted by Crippen LogP contribution is -3.00. The molecule has 5 rings (SSSR count). The van der Waals surface area contributed by atoms with Gasteiger partial charge >= 0.3 is 0 Å². The molecule has 0 aromatic carbocycles. The Balaban J connectivity index is 0.00000192. The molecular formula is C24H29ClNOS-. The molecule has 0 amide bonds. The molecule has 0 fully saturated rings. The third-order valence-electron chi connectivity index (χ3n) is 6.80. The molecule has 2 nitrogen and oxygen atoms in total. The van der Waals surface area contributed by atoms with Gasteiger partial charge in [-0.2, -0.15) is 0 Å². The van der Waals surface area contributed by atoms with Gasteiger partial charge in [-0.25, -0.2) is 4.98 Å². The molecule has 0 saturated carbocycles. The number of halogens is 1. The maximum Gasteiger partial charge on any atom is 0.134 e. The number of furan rings is 1. The Morgan fingerprint density at radius 1 is 1.11 bits per heavy atom. The van der Waals surface area contributed by atoms with Gasteiger partial charge in [0.05, 0.1) is 6.26 Å². The van der Waals surface area contributed by atoms with Crippen LogP contribution in [0.2, 0.25) is 0 Å². The summed E-state index contributed by atoms with van der Waals surface area (Å²) in [6.45, 7) is 9.53. The van der Waals surface area contributed by atoms with Crippen LogP contribution in [0.3, 0.4) is 0 Å². The highest BCUT2D eigenvalue weighted by atomic mass is 35.5. The van der Waals surface area contributed by atoms with E-state index in [1.807, 2.05) is 23.7 Å². The molecular weight excluding hydrogens is 386 g/mol. The van der Waals surface area contributed by atoms with Crippen molar-refractivity contribution in [1.29, 1.82) is 0 Å². The lowest BCUT2D eigenvalue weighted by atomic mass is 9.70. The molecule has 0 radical (unpaired) electrons. The van der Waals surface area contributed by atoms with Gasteiger partial charge in [0.25, 0.3) is 0 Å². The Bertz CT molecular complexity index is 996. The van der Waals surface area contributed by atoms with Crippen molar-refractivity contribution >= 4 is 21.6 Å². The Morgan fingerprint density at radius 3 is 2.64 bits per heavy atom. The predicted molar refractivity (Wildman–Crippen MR) is 113 cm³/mol. The second-order valence-electron chi connectivity index (χ2n) is 9.73. The molecule has 0 saturated heterocycles. The molecule has 2 aliphatic carbocycles. The van der Waals surface area contributed by atoms with Crippen molar-refractivity contribution in [2.75, 3.05) is 0 Å². The van der Waals surface area contributed by atoms with E-state index in [-0.39, 0.29) is 12.4 Å². The first-order chi connectivity index (χ1) is 12.9. The van der Waals surface area contributed by atoms with E-state index >= 15 is 0 Å². The number of rotatable bonds is 1. The first-order valence-electron chi connectivity index (χ1n) is 10.4. The number of aryl methyl sites for hydroxylation is 2. The van der Waals surface area contributed by atoms with Crippen LogP contribution in [0.1, 0.15) is 62.2 Å². The molecule has 2 unspecified atom stereocenters. The van der Waals surface area contributed by atoms with Crippen LogP contribution < -0.4 is 12.4 Å². The summed E-state index contributed by atoms with van der Waals surface area (Å²) in [6.07, 6.45) is 8.97. The third kappa shape index (κ3) is 3.21. The zero-order chi connectivity index (χ0) is 18.8. The van der Waals surface area contributed by atoms with Crippen molar-refractivity contribution in [2.45, 2.75) is 66.2 Å². The van der Waals surface area contributed by atoms with E-state index in [2.05, 4.69) is 33.8 Å². The van der Waals surface area contributed by atoms with Crippen LogP contribution >= 0.6 is 11.3 Å². The monoisotopic (exact) mass is 414 g/mol. The predicted octanol–water partition coefficient (Wildman–Crippen LogP) is 3.84. The molecule has 4 heteroatoms. The first kappa shape index (κ1) is 20.0. The summed E-state index contributed by atoms with van der Waals surface area (Å²) in [5.41, 5.74) is 6.04. The summed E-state index contributed by atoms with van der Waals surface area (Å²) >= 11 is 1.94. The maximum absolute atomic E-state index is 5.97. The Morgan fingerprint density at radius 2 is 1.93 bits per heavy atom. The van der Waals surface area contributed by atoms with Crippen LogP contribution in [0.5, 0.6) is 0 Å². The number of nitrogens with zero attached hydrogens (tertiary/aromatic N) is 1. The standard InChI is InChI=1S/C24H29NOS.ClH/c1-14-7-9-16-20(12-14)27-23-22(16)21(19-6-5-11-26-19)17-13-15(24(2,3)4)8-10-18(17)25-23;/h5-6,11,14-15H,7-10,12-13H2,1-4H3;1H/p-1. The summed E-state index contributed by atoms with van der Waals surface area (Å²) in [5, 5.41) is 1.41. The average molecular weight is 415 g/mol. The van der Waals surface area contributed by atoms with Crippen LogP contribution in [-0.2, 0) is 25.7 Å².